The molecule has 0 spiro atoms. The summed E-state index contributed by atoms with van der Waals surface area (Å²) in [5.41, 5.74) is 1.25. The van der Waals surface area contributed by atoms with E-state index in [-0.39, 0.29) is 26.6 Å². The molecule has 0 unspecified atom stereocenters. The average Bonchev–Trinajstić information content (AvgIpc) is 2.38. The van der Waals surface area contributed by atoms with Crippen LogP contribution in [-0.4, -0.2) is 33.7 Å². The van der Waals surface area contributed by atoms with Crippen LogP contribution in [0.15, 0.2) is 24.4 Å². The molecule has 1 aromatic rings. The molecule has 0 amide bonds. The molecule has 1 rings (SSSR count). The maximum absolute atomic E-state index is 8.36. The van der Waals surface area contributed by atoms with Gasteiger partial charge in [0.2, 0.25) is 0 Å². The molecule has 0 atom stereocenters. The molecule has 0 saturated heterocycles. The molecule has 0 bridgehead atoms. The predicted octanol–water partition coefficient (Wildman–Crippen LogP) is 3.82. The van der Waals surface area contributed by atoms with Crippen LogP contribution in [0.1, 0.15) is 47.2 Å². The monoisotopic (exact) mass is 506 g/mol. The number of carbonyl (C=O) groups excluding carboxylic acids is 1. The quantitative estimate of drug-likeness (QED) is 0.377. The summed E-state index contributed by atoms with van der Waals surface area (Å²) in [5, 5.41) is 7.72. The van der Waals surface area contributed by atoms with Gasteiger partial charge in [0, 0.05) is 34.2 Å². The van der Waals surface area contributed by atoms with Crippen LogP contribution in [0, 0.1) is 0 Å². The predicted molar refractivity (Wildman–Crippen MR) is 91.2 cm³/mol. The number of hydrogen-bond acceptors (Lipinski definition) is 3. The van der Waals surface area contributed by atoms with Gasteiger partial charge in [-0.2, -0.15) is 0 Å². The third-order valence-corrected chi connectivity index (χ3v) is 7.23. The fourth-order valence-corrected chi connectivity index (χ4v) is 6.22. The minimum absolute atomic E-state index is 0. The molecular formula is C16H28IrNO3P. The summed E-state index contributed by atoms with van der Waals surface area (Å²) >= 11 is 0. The Hall–Kier alpha value is -0.631. The van der Waals surface area contributed by atoms with Crippen molar-refractivity contribution >= 4 is 21.2 Å². The van der Waals surface area contributed by atoms with Crippen LogP contribution in [-0.2, 0) is 35.9 Å². The maximum Gasteiger partial charge on any atom is 0.290 e. The number of pyridine rings is 1. The first-order valence-corrected chi connectivity index (χ1v) is 8.41. The Kier molecular flexibility index (Phi) is 15.4. The van der Waals surface area contributed by atoms with Crippen molar-refractivity contribution in [2.24, 2.45) is 0 Å². The van der Waals surface area contributed by atoms with Crippen LogP contribution < -0.4 is 0 Å². The Morgan fingerprint density at radius 1 is 1.14 bits per heavy atom. The zero-order valence-corrected chi connectivity index (χ0v) is 17.6. The van der Waals surface area contributed by atoms with Crippen molar-refractivity contribution < 1.29 is 34.8 Å². The van der Waals surface area contributed by atoms with E-state index >= 15 is 0 Å². The van der Waals surface area contributed by atoms with Crippen LogP contribution in [0.5, 0.6) is 0 Å². The third-order valence-electron chi connectivity index (χ3n) is 2.89. The third kappa shape index (κ3) is 12.0. The molecule has 1 heterocycles. The van der Waals surface area contributed by atoms with Crippen LogP contribution in [0.3, 0.4) is 0 Å². The van der Waals surface area contributed by atoms with Gasteiger partial charge in [-0.05, 0) is 53.7 Å². The summed E-state index contributed by atoms with van der Waals surface area (Å²) in [5.74, 6) is 0. The molecule has 1 N–H and O–H groups in total. The van der Waals surface area contributed by atoms with E-state index in [1.165, 1.54) is 11.9 Å². The first-order chi connectivity index (χ1) is 9.62. The van der Waals surface area contributed by atoms with E-state index in [9.17, 15) is 0 Å². The van der Waals surface area contributed by atoms with E-state index < -0.39 is 7.92 Å². The summed E-state index contributed by atoms with van der Waals surface area (Å²) in [4.78, 5) is 20.6. The molecule has 0 aliphatic carbocycles. The van der Waals surface area contributed by atoms with E-state index in [1.54, 1.807) is 0 Å². The molecule has 4 nitrogen and oxygen atoms in total. The molecule has 0 fully saturated rings. The second-order valence-electron chi connectivity index (χ2n) is 6.58. The SMILES string of the molecule is CC(C)(C)[PH+](Cc1ccccn1)C(C)(C)C.O=CO.[CH-]=O.[Ir]. The van der Waals surface area contributed by atoms with Crippen LogP contribution in [0.2, 0.25) is 0 Å². The van der Waals surface area contributed by atoms with E-state index in [4.69, 9.17) is 14.7 Å². The minimum Gasteiger partial charge on any atom is -0.545 e. The van der Waals surface area contributed by atoms with E-state index in [0.717, 1.165) is 0 Å². The standard InChI is InChI=1S/C14H24NP.CH2O2.CHO.Ir/c1-13(2,3)16(14(4,5)6)11-12-9-7-8-10-15-12;2-1-3;1-2;/h7-10H,11H2,1-6H3;1H,(H,2,3);1H;/q;;-1;/p+1. The normalized spacial score (nSPS) is 10.3. The maximum atomic E-state index is 8.36. The second kappa shape index (κ2) is 12.9. The molecule has 22 heavy (non-hydrogen) atoms. The number of carboxylic acid groups (broad SMARTS) is 1. The van der Waals surface area contributed by atoms with Crippen molar-refractivity contribution in [1.29, 1.82) is 0 Å². The summed E-state index contributed by atoms with van der Waals surface area (Å²) in [6, 6.07) is 6.24. The largest absolute Gasteiger partial charge is 0.545 e. The first kappa shape index (κ1) is 26.3. The Morgan fingerprint density at radius 2 is 1.55 bits per heavy atom. The van der Waals surface area contributed by atoms with Crippen LogP contribution >= 0.6 is 7.92 Å². The topological polar surface area (TPSA) is 67.3 Å². The molecule has 0 aliphatic heterocycles. The molecule has 1 aromatic heterocycles. The van der Waals surface area contributed by atoms with E-state index in [0.29, 0.717) is 10.3 Å². The number of aromatic nitrogens is 1. The van der Waals surface area contributed by atoms with Crippen LogP contribution in [0.25, 0.3) is 0 Å². The molecular weight excluding hydrogens is 477 g/mol. The minimum atomic E-state index is -0.491. The summed E-state index contributed by atoms with van der Waals surface area (Å²) in [6.07, 6.45) is 3.07. The van der Waals surface area contributed by atoms with Gasteiger partial charge in [-0.15, -0.1) is 0 Å². The zero-order chi connectivity index (χ0) is 17.1. The molecule has 1 radical (unpaired) electrons. The number of nitrogens with zero attached hydrogens (tertiary/aromatic N) is 1. The molecule has 6 heteroatoms. The van der Waals surface area contributed by atoms with Crippen molar-refractivity contribution in [1.82, 2.24) is 4.98 Å². The van der Waals surface area contributed by atoms with Gasteiger partial charge in [0.1, 0.15) is 0 Å². The van der Waals surface area contributed by atoms with Gasteiger partial charge in [0.05, 0.1) is 22.2 Å². The van der Waals surface area contributed by atoms with Crippen molar-refractivity contribution in [3.63, 3.8) is 0 Å². The van der Waals surface area contributed by atoms with Gasteiger partial charge < -0.3 is 9.90 Å². The average molecular weight is 506 g/mol. The van der Waals surface area contributed by atoms with Gasteiger partial charge in [-0.1, -0.05) is 6.07 Å². The summed E-state index contributed by atoms with van der Waals surface area (Å²) in [6.45, 7) is 17.2. The Balaban J connectivity index is -0.000000536. The summed E-state index contributed by atoms with van der Waals surface area (Å²) < 4.78 is 0. The van der Waals surface area contributed by atoms with Gasteiger partial charge in [0.15, 0.2) is 0 Å². The fourth-order valence-electron chi connectivity index (χ4n) is 2.34. The number of rotatable bonds is 2. The Labute approximate surface area is 149 Å². The van der Waals surface area contributed by atoms with Crippen molar-refractivity contribution in [3.8, 4) is 0 Å². The Bertz CT molecular complexity index is 375. The van der Waals surface area contributed by atoms with Gasteiger partial charge in [-0.25, -0.2) is 0 Å². The molecule has 0 saturated carbocycles. The summed E-state index contributed by atoms with van der Waals surface area (Å²) in [7, 11) is -0.491. The van der Waals surface area contributed by atoms with Gasteiger partial charge in [0.25, 0.3) is 6.47 Å². The smallest absolute Gasteiger partial charge is 0.290 e. The Morgan fingerprint density at radius 3 is 1.82 bits per heavy atom. The van der Waals surface area contributed by atoms with Gasteiger partial charge >= 0.3 is 0 Å². The van der Waals surface area contributed by atoms with Crippen molar-refractivity contribution in [2.75, 3.05) is 0 Å². The van der Waals surface area contributed by atoms with Crippen molar-refractivity contribution in [2.45, 2.75) is 58.0 Å². The van der Waals surface area contributed by atoms with Gasteiger partial charge in [-0.3, -0.25) is 16.6 Å². The second-order valence-corrected chi connectivity index (χ2v) is 10.9. The van der Waals surface area contributed by atoms with Crippen molar-refractivity contribution in [3.05, 3.63) is 30.1 Å². The zero-order valence-electron chi connectivity index (χ0n) is 14.2. The number of hydrogen-bond donors (Lipinski definition) is 1. The fraction of sp³-hybridized carbons (Fsp3) is 0.562. The van der Waals surface area contributed by atoms with E-state index in [1.807, 2.05) is 12.3 Å². The van der Waals surface area contributed by atoms with E-state index in [2.05, 4.69) is 65.4 Å². The van der Waals surface area contributed by atoms with Crippen LogP contribution in [0.4, 0.5) is 0 Å². The molecule has 0 aliphatic rings. The number of carbonyl (C=O) groups is 1. The molecule has 0 aromatic carbocycles. The first-order valence-electron chi connectivity index (χ1n) is 6.71. The molecule has 129 valence electrons.